The van der Waals surface area contributed by atoms with Gasteiger partial charge < -0.3 is 0 Å². The van der Waals surface area contributed by atoms with Gasteiger partial charge in [-0.25, -0.2) is 0 Å². The topological polar surface area (TPSA) is 17.1 Å². The predicted octanol–water partition coefficient (Wildman–Crippen LogP) is 5.39. The lowest BCUT2D eigenvalue weighted by molar-refractivity contribution is -0.113. The zero-order valence-corrected chi connectivity index (χ0v) is 15.6. The summed E-state index contributed by atoms with van der Waals surface area (Å²) in [4.78, 5) is 12.3. The standard InChI is InChI=1S/C17H27OPSi/c1-7-19(8-2)16(15-12-10-9-11-13-15)17(14(3)18)20(4,5)6/h9-13H,7-8H2,1-6H3/b17-16-. The van der Waals surface area contributed by atoms with Crippen LogP contribution in [0.1, 0.15) is 26.3 Å². The van der Waals surface area contributed by atoms with Gasteiger partial charge >= 0.3 is 0 Å². The van der Waals surface area contributed by atoms with Gasteiger partial charge in [-0.2, -0.15) is 0 Å². The molecular weight excluding hydrogens is 279 g/mol. The van der Waals surface area contributed by atoms with E-state index in [4.69, 9.17) is 0 Å². The van der Waals surface area contributed by atoms with E-state index in [2.05, 4.69) is 57.8 Å². The van der Waals surface area contributed by atoms with Gasteiger partial charge in [-0.1, -0.05) is 71.7 Å². The second-order valence-corrected chi connectivity index (χ2v) is 13.9. The van der Waals surface area contributed by atoms with Crippen molar-refractivity contribution < 1.29 is 4.79 Å². The SMILES string of the molecule is CCP(CC)/C(=C(/C(C)=O)[Si](C)(C)C)c1ccccc1. The molecule has 0 aliphatic heterocycles. The summed E-state index contributed by atoms with van der Waals surface area (Å²) in [5.74, 6) is 0.275. The van der Waals surface area contributed by atoms with Crippen molar-refractivity contribution in [3.8, 4) is 0 Å². The molecule has 0 saturated carbocycles. The Labute approximate surface area is 126 Å². The third-order valence-corrected chi connectivity index (χ3v) is 8.42. The summed E-state index contributed by atoms with van der Waals surface area (Å²) in [5.41, 5.74) is 1.26. The van der Waals surface area contributed by atoms with Crippen LogP contribution in [0.15, 0.2) is 35.5 Å². The first-order valence-corrected chi connectivity index (χ1v) is 12.6. The Balaban J connectivity index is 3.62. The summed E-state index contributed by atoms with van der Waals surface area (Å²) in [6, 6.07) is 10.5. The fraction of sp³-hybridized carbons (Fsp3) is 0.471. The van der Waals surface area contributed by atoms with Crippen molar-refractivity contribution in [2.24, 2.45) is 0 Å². The largest absolute Gasteiger partial charge is 0.295 e. The van der Waals surface area contributed by atoms with E-state index >= 15 is 0 Å². The molecule has 1 aromatic rings. The molecule has 0 aromatic heterocycles. The maximum Gasteiger partial charge on any atom is 0.152 e. The van der Waals surface area contributed by atoms with Crippen LogP contribution in [0.4, 0.5) is 0 Å². The zero-order valence-electron chi connectivity index (χ0n) is 13.7. The highest BCUT2D eigenvalue weighted by Gasteiger charge is 2.29. The molecule has 3 heteroatoms. The summed E-state index contributed by atoms with van der Waals surface area (Å²) in [7, 11) is -1.88. The number of carbonyl (C=O) groups is 1. The molecule has 1 aromatic carbocycles. The van der Waals surface area contributed by atoms with Gasteiger partial charge in [0.2, 0.25) is 0 Å². The van der Waals surface area contributed by atoms with E-state index in [1.165, 1.54) is 10.9 Å². The maximum absolute atomic E-state index is 12.3. The highest BCUT2D eigenvalue weighted by atomic mass is 31.1. The summed E-state index contributed by atoms with van der Waals surface area (Å²) >= 11 is 0. The second-order valence-electron chi connectivity index (χ2n) is 6.07. The van der Waals surface area contributed by atoms with Crippen LogP contribution >= 0.6 is 7.92 Å². The average molecular weight is 306 g/mol. The molecule has 0 aliphatic carbocycles. The Morgan fingerprint density at radius 3 is 1.90 bits per heavy atom. The average Bonchev–Trinajstić information content (AvgIpc) is 2.38. The van der Waals surface area contributed by atoms with Crippen LogP contribution in [0.5, 0.6) is 0 Å². The number of Topliss-reactive ketones (excluding diaryl/α,β-unsaturated/α-hetero) is 1. The van der Waals surface area contributed by atoms with E-state index in [1.807, 2.05) is 6.07 Å². The van der Waals surface area contributed by atoms with Gasteiger partial charge in [-0.15, -0.1) is 0 Å². The highest BCUT2D eigenvalue weighted by molar-refractivity contribution is 7.68. The molecular formula is C17H27OPSi. The molecule has 0 aliphatic rings. The van der Waals surface area contributed by atoms with Gasteiger partial charge in [-0.05, 0) is 35.3 Å². The first-order chi connectivity index (χ1) is 9.32. The van der Waals surface area contributed by atoms with Gasteiger partial charge in [0, 0.05) is 0 Å². The number of allylic oxidation sites excluding steroid dienone is 1. The number of hydrogen-bond acceptors (Lipinski definition) is 1. The molecule has 0 saturated heterocycles. The third-order valence-electron chi connectivity index (χ3n) is 3.47. The fourth-order valence-corrected chi connectivity index (χ4v) is 8.13. The molecule has 1 nitrogen and oxygen atoms in total. The van der Waals surface area contributed by atoms with Gasteiger partial charge in [-0.3, -0.25) is 4.79 Å². The summed E-state index contributed by atoms with van der Waals surface area (Å²) < 4.78 is 0. The second kappa shape index (κ2) is 7.33. The third kappa shape index (κ3) is 4.13. The summed E-state index contributed by atoms with van der Waals surface area (Å²) in [5, 5.41) is 2.52. The summed E-state index contributed by atoms with van der Waals surface area (Å²) in [6.07, 6.45) is 2.30. The lowest BCUT2D eigenvalue weighted by atomic mass is 10.2. The van der Waals surface area contributed by atoms with Crippen LogP contribution < -0.4 is 0 Å². The van der Waals surface area contributed by atoms with Crippen molar-refractivity contribution in [2.45, 2.75) is 40.4 Å². The van der Waals surface area contributed by atoms with Crippen LogP contribution in [-0.2, 0) is 4.79 Å². The Bertz CT molecular complexity index is 481. The quantitative estimate of drug-likeness (QED) is 0.391. The van der Waals surface area contributed by atoms with E-state index in [0.717, 1.165) is 17.5 Å². The molecule has 0 heterocycles. The van der Waals surface area contributed by atoms with Gasteiger partial charge in [0.15, 0.2) is 5.78 Å². The molecule has 0 unspecified atom stereocenters. The lowest BCUT2D eigenvalue weighted by Crippen LogP contribution is -2.29. The first kappa shape index (κ1) is 17.3. The van der Waals surface area contributed by atoms with E-state index in [0.29, 0.717) is 0 Å². The Morgan fingerprint density at radius 1 is 1.05 bits per heavy atom. The Morgan fingerprint density at radius 2 is 1.55 bits per heavy atom. The van der Waals surface area contributed by atoms with Gasteiger partial charge in [0.1, 0.15) is 0 Å². The molecule has 0 N–H and O–H groups in total. The minimum absolute atomic E-state index is 0.239. The molecule has 0 fully saturated rings. The van der Waals surface area contributed by atoms with Crippen molar-refractivity contribution in [3.05, 3.63) is 41.1 Å². The minimum Gasteiger partial charge on any atom is -0.295 e. The number of carbonyl (C=O) groups excluding carboxylic acids is 1. The summed E-state index contributed by atoms with van der Waals surface area (Å²) in [6.45, 7) is 13.1. The van der Waals surface area contributed by atoms with E-state index in [-0.39, 0.29) is 13.7 Å². The molecule has 110 valence electrons. The number of ketones is 1. The monoisotopic (exact) mass is 306 g/mol. The molecule has 20 heavy (non-hydrogen) atoms. The van der Waals surface area contributed by atoms with Gasteiger partial charge in [0.25, 0.3) is 0 Å². The molecule has 0 bridgehead atoms. The van der Waals surface area contributed by atoms with Crippen LogP contribution in [0.3, 0.4) is 0 Å². The number of rotatable bonds is 6. The first-order valence-electron chi connectivity index (χ1n) is 7.39. The minimum atomic E-state index is -1.64. The highest BCUT2D eigenvalue weighted by Crippen LogP contribution is 2.52. The van der Waals surface area contributed by atoms with E-state index in [9.17, 15) is 4.79 Å². The number of benzene rings is 1. The van der Waals surface area contributed by atoms with Crippen LogP contribution in [0.25, 0.3) is 5.31 Å². The maximum atomic E-state index is 12.3. The molecule has 0 radical (unpaired) electrons. The van der Waals surface area contributed by atoms with E-state index in [1.54, 1.807) is 6.92 Å². The number of hydrogen-bond donors (Lipinski definition) is 0. The normalized spacial score (nSPS) is 13.3. The molecule has 0 amide bonds. The van der Waals surface area contributed by atoms with Crippen molar-refractivity contribution in [1.82, 2.24) is 0 Å². The predicted molar refractivity (Wildman–Crippen MR) is 95.4 cm³/mol. The van der Waals surface area contributed by atoms with Crippen LogP contribution in [0.2, 0.25) is 19.6 Å². The van der Waals surface area contributed by atoms with Crippen molar-refractivity contribution in [1.29, 1.82) is 0 Å². The zero-order chi connectivity index (χ0) is 15.3. The molecule has 0 spiro atoms. The Kier molecular flexibility index (Phi) is 6.35. The van der Waals surface area contributed by atoms with Crippen molar-refractivity contribution in [3.63, 3.8) is 0 Å². The lowest BCUT2D eigenvalue weighted by Gasteiger charge is -2.28. The Hall–Kier alpha value is -0.723. The van der Waals surface area contributed by atoms with Crippen molar-refractivity contribution in [2.75, 3.05) is 12.3 Å². The van der Waals surface area contributed by atoms with Gasteiger partial charge in [0.05, 0.1) is 8.07 Å². The molecule has 1 rings (SSSR count). The van der Waals surface area contributed by atoms with Crippen LogP contribution in [0, 0.1) is 0 Å². The van der Waals surface area contributed by atoms with E-state index < -0.39 is 8.07 Å². The van der Waals surface area contributed by atoms with Crippen LogP contribution in [-0.4, -0.2) is 26.2 Å². The van der Waals surface area contributed by atoms with Crippen molar-refractivity contribution >= 4 is 27.1 Å². The fourth-order valence-electron chi connectivity index (χ4n) is 2.67. The molecule has 0 atom stereocenters. The smallest absolute Gasteiger partial charge is 0.152 e.